The zero-order valence-electron chi connectivity index (χ0n) is 12.4. The molecule has 0 aromatic heterocycles. The van der Waals surface area contributed by atoms with Crippen molar-refractivity contribution in [2.75, 3.05) is 39.3 Å². The number of likely N-dealkylation sites (N-methyl/N-ethyl adjacent to an activating group) is 1. The van der Waals surface area contributed by atoms with Crippen LogP contribution in [0, 0.1) is 6.92 Å². The van der Waals surface area contributed by atoms with E-state index in [2.05, 4.69) is 29.7 Å². The summed E-state index contributed by atoms with van der Waals surface area (Å²) in [6.07, 6.45) is -0.438. The van der Waals surface area contributed by atoms with E-state index in [1.807, 2.05) is 12.1 Å². The topological polar surface area (TPSA) is 35.9 Å². The van der Waals surface area contributed by atoms with Crippen LogP contribution in [-0.2, 0) is 0 Å². The van der Waals surface area contributed by atoms with Crippen LogP contribution in [0.5, 0.6) is 5.75 Å². The summed E-state index contributed by atoms with van der Waals surface area (Å²) in [6, 6.07) is 6.14. The maximum atomic E-state index is 10.7. The third kappa shape index (κ3) is 2.55. The highest BCUT2D eigenvalue weighted by Crippen LogP contribution is 2.35. The largest absolute Gasteiger partial charge is 0.491 e. The van der Waals surface area contributed by atoms with Gasteiger partial charge in [-0.25, -0.2) is 0 Å². The molecule has 2 unspecified atom stereocenters. The van der Waals surface area contributed by atoms with Gasteiger partial charge in [-0.05, 0) is 25.6 Å². The molecule has 2 atom stereocenters. The Morgan fingerprint density at radius 3 is 2.70 bits per heavy atom. The fourth-order valence-corrected chi connectivity index (χ4v) is 3.22. The molecule has 1 aromatic carbocycles. The standard InChI is InChI=1S/C16H24N2O2/c1-3-17-6-8-18(9-7-17)14-11-20-15-5-4-12(2)10-13(15)16(14)19/h4-5,10,14,16,19H,3,6-9,11H2,1-2H3. The van der Waals surface area contributed by atoms with Gasteiger partial charge in [-0.2, -0.15) is 0 Å². The van der Waals surface area contributed by atoms with Crippen LogP contribution in [-0.4, -0.2) is 60.3 Å². The molecule has 1 saturated heterocycles. The van der Waals surface area contributed by atoms with Crippen molar-refractivity contribution >= 4 is 0 Å². The van der Waals surface area contributed by atoms with Crippen LogP contribution in [0.4, 0.5) is 0 Å². The summed E-state index contributed by atoms with van der Waals surface area (Å²) >= 11 is 0. The molecule has 1 N–H and O–H groups in total. The molecule has 2 aliphatic rings. The lowest BCUT2D eigenvalue weighted by molar-refractivity contribution is -0.0165. The number of benzene rings is 1. The molecule has 20 heavy (non-hydrogen) atoms. The minimum atomic E-state index is -0.438. The summed E-state index contributed by atoms with van der Waals surface area (Å²) < 4.78 is 5.85. The van der Waals surface area contributed by atoms with Crippen LogP contribution < -0.4 is 4.74 Å². The lowest BCUT2D eigenvalue weighted by atomic mass is 9.96. The number of hydrogen-bond acceptors (Lipinski definition) is 4. The van der Waals surface area contributed by atoms with Crippen LogP contribution in [0.2, 0.25) is 0 Å². The molecule has 110 valence electrons. The molecule has 0 saturated carbocycles. The monoisotopic (exact) mass is 276 g/mol. The van der Waals surface area contributed by atoms with Gasteiger partial charge < -0.3 is 14.7 Å². The number of nitrogens with zero attached hydrogens (tertiary/aromatic N) is 2. The number of ether oxygens (including phenoxy) is 1. The number of aryl methyl sites for hydroxylation is 1. The molecule has 4 heteroatoms. The molecule has 0 bridgehead atoms. The molecule has 1 fully saturated rings. The minimum absolute atomic E-state index is 0.0864. The van der Waals surface area contributed by atoms with E-state index < -0.39 is 6.10 Å². The van der Waals surface area contributed by atoms with Crippen LogP contribution >= 0.6 is 0 Å². The van der Waals surface area contributed by atoms with Gasteiger partial charge >= 0.3 is 0 Å². The molecule has 0 amide bonds. The Bertz CT molecular complexity index is 470. The first-order chi connectivity index (χ1) is 9.69. The quantitative estimate of drug-likeness (QED) is 0.886. The molecule has 0 radical (unpaired) electrons. The Morgan fingerprint density at radius 1 is 1.25 bits per heavy atom. The molecular weight excluding hydrogens is 252 g/mol. The Balaban J connectivity index is 1.73. The average molecular weight is 276 g/mol. The summed E-state index contributed by atoms with van der Waals surface area (Å²) in [5.41, 5.74) is 2.11. The number of fused-ring (bicyclic) bond motifs is 1. The van der Waals surface area contributed by atoms with E-state index >= 15 is 0 Å². The highest BCUT2D eigenvalue weighted by molar-refractivity contribution is 5.40. The van der Waals surface area contributed by atoms with Crippen LogP contribution in [0.15, 0.2) is 18.2 Å². The predicted molar refractivity (Wildman–Crippen MR) is 79.1 cm³/mol. The van der Waals surface area contributed by atoms with Crippen molar-refractivity contribution in [2.24, 2.45) is 0 Å². The first-order valence-corrected chi connectivity index (χ1v) is 7.57. The first kappa shape index (κ1) is 13.9. The summed E-state index contributed by atoms with van der Waals surface area (Å²) in [5.74, 6) is 0.839. The molecule has 0 spiro atoms. The molecule has 1 aromatic rings. The van der Waals surface area contributed by atoms with E-state index in [1.54, 1.807) is 0 Å². The van der Waals surface area contributed by atoms with Gasteiger partial charge in [0.05, 0.1) is 6.04 Å². The summed E-state index contributed by atoms with van der Waals surface area (Å²) in [4.78, 5) is 4.83. The molecule has 0 aliphatic carbocycles. The second-order valence-corrected chi connectivity index (χ2v) is 5.83. The fraction of sp³-hybridized carbons (Fsp3) is 0.625. The Labute approximate surface area is 120 Å². The van der Waals surface area contributed by atoms with E-state index in [0.717, 1.165) is 44.0 Å². The molecule has 3 rings (SSSR count). The highest BCUT2D eigenvalue weighted by Gasteiger charge is 2.34. The van der Waals surface area contributed by atoms with Crippen molar-refractivity contribution in [1.29, 1.82) is 0 Å². The van der Waals surface area contributed by atoms with Gasteiger partial charge in [-0.15, -0.1) is 0 Å². The van der Waals surface area contributed by atoms with Crippen LogP contribution in [0.25, 0.3) is 0 Å². The smallest absolute Gasteiger partial charge is 0.125 e. The molecular formula is C16H24N2O2. The molecule has 2 heterocycles. The normalized spacial score (nSPS) is 27.9. The lowest BCUT2D eigenvalue weighted by Gasteiger charge is -2.42. The van der Waals surface area contributed by atoms with Gasteiger partial charge in [0.25, 0.3) is 0 Å². The maximum absolute atomic E-state index is 10.7. The van der Waals surface area contributed by atoms with Crippen molar-refractivity contribution < 1.29 is 9.84 Å². The number of aliphatic hydroxyl groups is 1. The number of hydrogen-bond donors (Lipinski definition) is 1. The Morgan fingerprint density at radius 2 is 2.00 bits per heavy atom. The van der Waals surface area contributed by atoms with Crippen molar-refractivity contribution in [3.05, 3.63) is 29.3 Å². The van der Waals surface area contributed by atoms with Gasteiger partial charge in [-0.1, -0.05) is 18.6 Å². The zero-order chi connectivity index (χ0) is 14.1. The lowest BCUT2D eigenvalue weighted by Crippen LogP contribution is -2.54. The van der Waals surface area contributed by atoms with Gasteiger partial charge in [0.1, 0.15) is 18.5 Å². The number of aliphatic hydroxyl groups excluding tert-OH is 1. The van der Waals surface area contributed by atoms with E-state index in [0.29, 0.717) is 6.61 Å². The summed E-state index contributed by atoms with van der Waals surface area (Å²) in [6.45, 7) is 10.1. The van der Waals surface area contributed by atoms with Crippen molar-refractivity contribution in [3.63, 3.8) is 0 Å². The minimum Gasteiger partial charge on any atom is -0.491 e. The Hall–Kier alpha value is -1.10. The van der Waals surface area contributed by atoms with Crippen molar-refractivity contribution in [2.45, 2.75) is 26.0 Å². The van der Waals surface area contributed by atoms with Gasteiger partial charge in [0.15, 0.2) is 0 Å². The van der Waals surface area contributed by atoms with Crippen molar-refractivity contribution in [3.8, 4) is 5.75 Å². The van der Waals surface area contributed by atoms with Gasteiger partial charge in [0, 0.05) is 31.7 Å². The Kier molecular flexibility index (Phi) is 3.96. The third-order valence-electron chi connectivity index (χ3n) is 4.58. The van der Waals surface area contributed by atoms with E-state index in [9.17, 15) is 5.11 Å². The van der Waals surface area contributed by atoms with Crippen LogP contribution in [0.1, 0.15) is 24.2 Å². The summed E-state index contributed by atoms with van der Waals surface area (Å²) in [5, 5.41) is 10.7. The average Bonchev–Trinajstić information content (AvgIpc) is 2.48. The number of rotatable bonds is 2. The van der Waals surface area contributed by atoms with E-state index in [4.69, 9.17) is 4.74 Å². The maximum Gasteiger partial charge on any atom is 0.125 e. The first-order valence-electron chi connectivity index (χ1n) is 7.57. The van der Waals surface area contributed by atoms with Crippen LogP contribution in [0.3, 0.4) is 0 Å². The van der Waals surface area contributed by atoms with E-state index in [1.165, 1.54) is 5.56 Å². The van der Waals surface area contributed by atoms with Gasteiger partial charge in [0.2, 0.25) is 0 Å². The highest BCUT2D eigenvalue weighted by atomic mass is 16.5. The van der Waals surface area contributed by atoms with Crippen molar-refractivity contribution in [1.82, 2.24) is 9.80 Å². The number of piperazine rings is 1. The zero-order valence-corrected chi connectivity index (χ0v) is 12.4. The second-order valence-electron chi connectivity index (χ2n) is 5.83. The molecule has 4 nitrogen and oxygen atoms in total. The second kappa shape index (κ2) is 5.72. The van der Waals surface area contributed by atoms with E-state index in [-0.39, 0.29) is 6.04 Å². The third-order valence-corrected chi connectivity index (χ3v) is 4.58. The fourth-order valence-electron chi connectivity index (χ4n) is 3.22. The predicted octanol–water partition coefficient (Wildman–Crippen LogP) is 1.43. The SMILES string of the molecule is CCN1CCN(C2COc3ccc(C)cc3C2O)CC1. The van der Waals surface area contributed by atoms with Gasteiger partial charge in [-0.3, -0.25) is 4.90 Å². The molecule has 2 aliphatic heterocycles. The summed E-state index contributed by atoms with van der Waals surface area (Å²) in [7, 11) is 0.